The van der Waals surface area contributed by atoms with Crippen molar-refractivity contribution in [3.05, 3.63) is 99.4 Å². The van der Waals surface area contributed by atoms with Crippen molar-refractivity contribution in [1.82, 2.24) is 0 Å². The van der Waals surface area contributed by atoms with Crippen LogP contribution < -0.4 is 5.32 Å². The third kappa shape index (κ3) is 4.01. The first-order valence-electron chi connectivity index (χ1n) is 10.8. The van der Waals surface area contributed by atoms with E-state index in [1.165, 1.54) is 30.0 Å². The predicted molar refractivity (Wildman–Crippen MR) is 129 cm³/mol. The van der Waals surface area contributed by atoms with Crippen LogP contribution in [0.4, 0.5) is 15.8 Å². The second-order valence-electron chi connectivity index (χ2n) is 8.53. The number of rotatable bonds is 5. The highest BCUT2D eigenvalue weighted by atomic mass is 35.5. The number of halogens is 2. The summed E-state index contributed by atoms with van der Waals surface area (Å²) in [6.45, 7) is 0. The summed E-state index contributed by atoms with van der Waals surface area (Å²) in [5.74, 6) is -1.53. The van der Waals surface area contributed by atoms with Gasteiger partial charge in [0.1, 0.15) is 5.82 Å². The van der Waals surface area contributed by atoms with Gasteiger partial charge in [0.15, 0.2) is 0 Å². The van der Waals surface area contributed by atoms with Gasteiger partial charge in [-0.3, -0.25) is 10.1 Å². The molecule has 0 bridgehead atoms. The molecule has 1 aliphatic heterocycles. The first kappa shape index (κ1) is 22.7. The zero-order valence-corrected chi connectivity index (χ0v) is 19.3. The first-order chi connectivity index (χ1) is 16.3. The van der Waals surface area contributed by atoms with Crippen LogP contribution in [-0.2, 0) is 0 Å². The Bertz CT molecular complexity index is 1270. The summed E-state index contributed by atoms with van der Waals surface area (Å²) in [6, 6.07) is 17.7. The number of carboxylic acids is 1. The summed E-state index contributed by atoms with van der Waals surface area (Å²) in [7, 11) is 0. The molecule has 0 amide bonds. The maximum atomic E-state index is 13.6. The summed E-state index contributed by atoms with van der Waals surface area (Å²) < 4.78 is 13.6. The summed E-state index contributed by atoms with van der Waals surface area (Å²) in [5.41, 5.74) is 2.74. The largest absolute Gasteiger partial charge is 0.478 e. The smallest absolute Gasteiger partial charge is 0.335 e. The van der Waals surface area contributed by atoms with Gasteiger partial charge in [-0.1, -0.05) is 24.3 Å². The van der Waals surface area contributed by atoms with Crippen LogP contribution in [0, 0.1) is 21.8 Å². The van der Waals surface area contributed by atoms with Gasteiger partial charge in [0.25, 0.3) is 5.69 Å². The lowest BCUT2D eigenvalue weighted by Gasteiger charge is -2.38. The third-order valence-electron chi connectivity index (χ3n) is 6.63. The summed E-state index contributed by atoms with van der Waals surface area (Å²) in [5, 5.41) is 24.0. The quantitative estimate of drug-likeness (QED) is 0.238. The molecule has 2 N–H and O–H groups in total. The Morgan fingerprint density at radius 1 is 1.15 bits per heavy atom. The highest BCUT2D eigenvalue weighted by molar-refractivity contribution is 8.00. The van der Waals surface area contributed by atoms with Gasteiger partial charge < -0.3 is 10.4 Å². The number of para-hydroxylation sites is 1. The lowest BCUT2D eigenvalue weighted by molar-refractivity contribution is -0.387. The molecule has 1 saturated carbocycles. The number of hydrogen-bond donors (Lipinski definition) is 2. The van der Waals surface area contributed by atoms with Gasteiger partial charge in [0, 0.05) is 22.9 Å². The minimum absolute atomic E-state index is 0.00947. The van der Waals surface area contributed by atoms with E-state index in [1.807, 2.05) is 0 Å². The normalized spacial score (nSPS) is 25.2. The van der Waals surface area contributed by atoms with Crippen LogP contribution in [0.15, 0.2) is 71.6 Å². The Morgan fingerprint density at radius 3 is 2.59 bits per heavy atom. The molecular weight excluding hydrogens is 479 g/mol. The van der Waals surface area contributed by atoms with E-state index in [9.17, 15) is 24.4 Å². The van der Waals surface area contributed by atoms with Gasteiger partial charge >= 0.3 is 5.97 Å². The van der Waals surface area contributed by atoms with Crippen molar-refractivity contribution in [3.63, 3.8) is 0 Å². The fraction of sp³-hybridized carbons (Fsp3) is 0.240. The number of nitro benzene ring substituents is 1. The van der Waals surface area contributed by atoms with E-state index >= 15 is 0 Å². The van der Waals surface area contributed by atoms with E-state index in [4.69, 9.17) is 11.6 Å². The maximum absolute atomic E-state index is 13.6. The fourth-order valence-corrected chi connectivity index (χ4v) is 7.06. The lowest BCUT2D eigenvalue weighted by atomic mass is 9.77. The predicted octanol–water partition coefficient (Wildman–Crippen LogP) is 6.47. The molecule has 174 valence electrons. The topological polar surface area (TPSA) is 92.5 Å². The van der Waals surface area contributed by atoms with E-state index in [-0.39, 0.29) is 45.6 Å². The summed E-state index contributed by atoms with van der Waals surface area (Å²) in [4.78, 5) is 23.3. The Labute approximate surface area is 204 Å². The average Bonchev–Trinajstić information content (AvgIpc) is 3.15. The van der Waals surface area contributed by atoms with Crippen LogP contribution in [0.3, 0.4) is 0 Å². The number of thioether (sulfide) groups is 1. The minimum Gasteiger partial charge on any atom is -0.478 e. The van der Waals surface area contributed by atoms with Gasteiger partial charge in [-0.15, -0.1) is 23.4 Å². The standard InChI is InChI=1S/C25H20ClFN2O4S/c26-23-21(34-20-4-2-1-3-19(20)29(32)33)12-17-22(23)16-11-14(25(30)31)7-10-18(16)28-24(17)13-5-8-15(27)9-6-13/h1-11,17,21-24,28H,12H2,(H,30,31). The molecule has 9 heteroatoms. The van der Waals surface area contributed by atoms with E-state index < -0.39 is 10.9 Å². The molecule has 0 spiro atoms. The number of carboxylic acid groups (broad SMARTS) is 1. The molecule has 0 aromatic heterocycles. The van der Waals surface area contributed by atoms with Crippen LogP contribution in [0.25, 0.3) is 0 Å². The van der Waals surface area contributed by atoms with Gasteiger partial charge in [-0.05, 0) is 59.9 Å². The highest BCUT2D eigenvalue weighted by Gasteiger charge is 2.50. The van der Waals surface area contributed by atoms with Gasteiger partial charge in [0.2, 0.25) is 0 Å². The molecule has 5 unspecified atom stereocenters. The zero-order chi connectivity index (χ0) is 24.0. The number of nitrogens with one attached hydrogen (secondary N) is 1. The summed E-state index contributed by atoms with van der Waals surface area (Å²) in [6.07, 6.45) is 0.654. The molecule has 34 heavy (non-hydrogen) atoms. The Hall–Kier alpha value is -3.10. The van der Waals surface area contributed by atoms with Gasteiger partial charge in [0.05, 0.1) is 26.8 Å². The number of hydrogen-bond acceptors (Lipinski definition) is 5. The Balaban J connectivity index is 1.55. The minimum atomic E-state index is -1.02. The molecular formula is C25H20ClFN2O4S. The van der Waals surface area contributed by atoms with Crippen molar-refractivity contribution in [2.24, 2.45) is 5.92 Å². The van der Waals surface area contributed by atoms with Crippen LogP contribution in [0.2, 0.25) is 0 Å². The fourth-order valence-electron chi connectivity index (χ4n) is 5.12. The SMILES string of the molecule is O=C(O)c1ccc2c(c1)C1C(Cl)C(Sc3ccccc3[N+](=O)[O-])CC1C(c1ccc(F)cc1)N2. The Morgan fingerprint density at radius 2 is 1.88 bits per heavy atom. The number of benzene rings is 3. The summed E-state index contributed by atoms with van der Waals surface area (Å²) >= 11 is 8.43. The molecule has 6 nitrogen and oxygen atoms in total. The molecule has 1 aliphatic carbocycles. The van der Waals surface area contributed by atoms with Crippen LogP contribution in [0.1, 0.15) is 39.9 Å². The average molecular weight is 499 g/mol. The van der Waals surface area contributed by atoms with E-state index in [1.54, 1.807) is 48.5 Å². The molecule has 0 radical (unpaired) electrons. The number of anilines is 1. The zero-order valence-electron chi connectivity index (χ0n) is 17.7. The Kier molecular flexibility index (Phi) is 5.95. The highest BCUT2D eigenvalue weighted by Crippen LogP contribution is 2.58. The molecule has 5 atom stereocenters. The second kappa shape index (κ2) is 8.92. The second-order valence-corrected chi connectivity index (χ2v) is 10.3. The van der Waals surface area contributed by atoms with Crippen molar-refractivity contribution in [1.29, 1.82) is 0 Å². The molecule has 3 aromatic rings. The molecule has 1 heterocycles. The number of carbonyl (C=O) groups is 1. The molecule has 3 aromatic carbocycles. The molecule has 0 saturated heterocycles. The van der Waals surface area contributed by atoms with Crippen molar-refractivity contribution >= 4 is 40.7 Å². The number of alkyl halides is 1. The van der Waals surface area contributed by atoms with Crippen molar-refractivity contribution < 1.29 is 19.2 Å². The van der Waals surface area contributed by atoms with Crippen molar-refractivity contribution in [3.8, 4) is 0 Å². The van der Waals surface area contributed by atoms with E-state index in [0.29, 0.717) is 11.3 Å². The van der Waals surface area contributed by atoms with Gasteiger partial charge in [-0.2, -0.15) is 0 Å². The number of aromatic carboxylic acids is 1. The molecule has 1 fully saturated rings. The third-order valence-corrected chi connectivity index (χ3v) is 8.74. The number of fused-ring (bicyclic) bond motifs is 3. The number of nitrogens with zero attached hydrogens (tertiary/aromatic N) is 1. The molecule has 2 aliphatic rings. The first-order valence-corrected chi connectivity index (χ1v) is 12.1. The van der Waals surface area contributed by atoms with Crippen LogP contribution in [-0.4, -0.2) is 26.6 Å². The lowest BCUT2D eigenvalue weighted by Crippen LogP contribution is -2.31. The van der Waals surface area contributed by atoms with Crippen molar-refractivity contribution in [2.45, 2.75) is 33.9 Å². The van der Waals surface area contributed by atoms with Crippen molar-refractivity contribution in [2.75, 3.05) is 5.32 Å². The van der Waals surface area contributed by atoms with Crippen LogP contribution >= 0.6 is 23.4 Å². The number of nitro groups is 1. The maximum Gasteiger partial charge on any atom is 0.335 e. The van der Waals surface area contributed by atoms with Crippen LogP contribution in [0.5, 0.6) is 0 Å². The van der Waals surface area contributed by atoms with Gasteiger partial charge in [-0.25, -0.2) is 9.18 Å². The van der Waals surface area contributed by atoms with E-state index in [0.717, 1.165) is 16.8 Å². The van der Waals surface area contributed by atoms with E-state index in [2.05, 4.69) is 5.32 Å². The monoisotopic (exact) mass is 498 g/mol. The molecule has 5 rings (SSSR count).